The molecule has 0 radical (unpaired) electrons. The molecule has 1 aromatic rings. The van der Waals surface area contributed by atoms with Gasteiger partial charge in [0.25, 0.3) is 0 Å². The average Bonchev–Trinajstić information content (AvgIpc) is 2.58. The van der Waals surface area contributed by atoms with E-state index in [4.69, 9.17) is 0 Å². The SMILES string of the molecule is O=C1CCN(C2CCC2)C1c1cccc(Br)c1. The van der Waals surface area contributed by atoms with Gasteiger partial charge < -0.3 is 0 Å². The van der Waals surface area contributed by atoms with Crippen molar-refractivity contribution in [3.05, 3.63) is 34.3 Å². The molecule has 0 N–H and O–H groups in total. The minimum absolute atomic E-state index is 0.0119. The number of halogens is 1. The molecule has 0 bridgehead atoms. The molecule has 1 aliphatic heterocycles. The Balaban J connectivity index is 1.90. The number of ketones is 1. The van der Waals surface area contributed by atoms with E-state index in [2.05, 4.69) is 33.0 Å². The number of likely N-dealkylation sites (tertiary alicyclic amines) is 1. The number of hydrogen-bond donors (Lipinski definition) is 0. The molecule has 3 heteroatoms. The zero-order valence-corrected chi connectivity index (χ0v) is 11.3. The van der Waals surface area contributed by atoms with Crippen molar-refractivity contribution in [2.75, 3.05) is 6.54 Å². The van der Waals surface area contributed by atoms with Crippen LogP contribution in [-0.4, -0.2) is 23.3 Å². The first kappa shape index (κ1) is 11.4. The van der Waals surface area contributed by atoms with Crippen LogP contribution in [0.4, 0.5) is 0 Å². The van der Waals surface area contributed by atoms with Crippen LogP contribution in [0, 0.1) is 0 Å². The smallest absolute Gasteiger partial charge is 0.155 e. The molecule has 3 rings (SSSR count). The summed E-state index contributed by atoms with van der Waals surface area (Å²) in [6.45, 7) is 0.945. The van der Waals surface area contributed by atoms with Gasteiger partial charge in [0.1, 0.15) is 0 Å². The largest absolute Gasteiger partial charge is 0.297 e. The lowest BCUT2D eigenvalue weighted by atomic mass is 9.90. The van der Waals surface area contributed by atoms with E-state index >= 15 is 0 Å². The summed E-state index contributed by atoms with van der Waals surface area (Å²) in [6.07, 6.45) is 4.56. The lowest BCUT2D eigenvalue weighted by molar-refractivity contribution is -0.120. The van der Waals surface area contributed by atoms with Crippen LogP contribution in [-0.2, 0) is 4.79 Å². The van der Waals surface area contributed by atoms with Crippen molar-refractivity contribution in [2.24, 2.45) is 0 Å². The highest BCUT2D eigenvalue weighted by Gasteiger charge is 2.39. The number of rotatable bonds is 2. The number of benzene rings is 1. The Morgan fingerprint density at radius 2 is 2.12 bits per heavy atom. The van der Waals surface area contributed by atoms with Gasteiger partial charge in [0.05, 0.1) is 6.04 Å². The summed E-state index contributed by atoms with van der Waals surface area (Å²) in [5.74, 6) is 0.384. The summed E-state index contributed by atoms with van der Waals surface area (Å²) < 4.78 is 1.06. The van der Waals surface area contributed by atoms with Gasteiger partial charge in [0, 0.05) is 23.5 Å². The van der Waals surface area contributed by atoms with Gasteiger partial charge in [-0.25, -0.2) is 0 Å². The lowest BCUT2D eigenvalue weighted by Crippen LogP contribution is -2.40. The molecule has 1 saturated heterocycles. The van der Waals surface area contributed by atoms with Crippen molar-refractivity contribution in [3.8, 4) is 0 Å². The second-order valence-electron chi connectivity index (χ2n) is 5.00. The molecular weight excluding hydrogens is 278 g/mol. The fraction of sp³-hybridized carbons (Fsp3) is 0.500. The van der Waals surface area contributed by atoms with Crippen molar-refractivity contribution in [2.45, 2.75) is 37.8 Å². The Hall–Kier alpha value is -0.670. The predicted molar refractivity (Wildman–Crippen MR) is 70.9 cm³/mol. The number of Topliss-reactive ketones (excluding diaryl/α,β-unsaturated/α-hetero) is 1. The standard InChI is InChI=1S/C14H16BrNO/c15-11-4-1-3-10(9-11)14-13(17)7-8-16(14)12-5-2-6-12/h1,3-4,9,12,14H,2,5-8H2. The van der Waals surface area contributed by atoms with E-state index in [-0.39, 0.29) is 6.04 Å². The maximum absolute atomic E-state index is 12.1. The van der Waals surface area contributed by atoms with Crippen LogP contribution in [0.1, 0.15) is 37.3 Å². The summed E-state index contributed by atoms with van der Waals surface area (Å²) in [4.78, 5) is 14.5. The molecule has 17 heavy (non-hydrogen) atoms. The van der Waals surface area contributed by atoms with Crippen LogP contribution in [0.25, 0.3) is 0 Å². The number of hydrogen-bond acceptors (Lipinski definition) is 2. The van der Waals surface area contributed by atoms with Crippen molar-refractivity contribution < 1.29 is 4.79 Å². The van der Waals surface area contributed by atoms with Crippen molar-refractivity contribution in [3.63, 3.8) is 0 Å². The molecule has 1 atom stereocenters. The number of carbonyl (C=O) groups excluding carboxylic acids is 1. The topological polar surface area (TPSA) is 20.3 Å². The normalized spacial score (nSPS) is 26.2. The van der Waals surface area contributed by atoms with E-state index < -0.39 is 0 Å². The predicted octanol–water partition coefficient (Wildman–Crippen LogP) is 3.32. The molecule has 0 aromatic heterocycles. The third kappa shape index (κ3) is 2.06. The van der Waals surface area contributed by atoms with Crippen LogP contribution in [0.5, 0.6) is 0 Å². The van der Waals surface area contributed by atoms with Gasteiger partial charge in [-0.3, -0.25) is 9.69 Å². The Labute approximate surface area is 110 Å². The monoisotopic (exact) mass is 293 g/mol. The molecule has 1 aliphatic carbocycles. The minimum atomic E-state index is 0.0119. The Morgan fingerprint density at radius 1 is 1.29 bits per heavy atom. The van der Waals surface area contributed by atoms with E-state index in [9.17, 15) is 4.79 Å². The fourth-order valence-electron chi connectivity index (χ4n) is 2.86. The van der Waals surface area contributed by atoms with Crippen LogP contribution in [0.15, 0.2) is 28.7 Å². The average molecular weight is 294 g/mol. The highest BCUT2D eigenvalue weighted by atomic mass is 79.9. The van der Waals surface area contributed by atoms with Crippen LogP contribution in [0.2, 0.25) is 0 Å². The third-order valence-electron chi connectivity index (χ3n) is 3.96. The zero-order valence-electron chi connectivity index (χ0n) is 9.73. The summed E-state index contributed by atoms with van der Waals surface area (Å²) in [6, 6.07) is 8.84. The lowest BCUT2D eigenvalue weighted by Gasteiger charge is -2.38. The van der Waals surface area contributed by atoms with Gasteiger partial charge in [-0.15, -0.1) is 0 Å². The number of nitrogens with zero attached hydrogens (tertiary/aromatic N) is 1. The fourth-order valence-corrected chi connectivity index (χ4v) is 3.27. The van der Waals surface area contributed by atoms with Gasteiger partial charge in [0.15, 0.2) is 5.78 Å². The first-order chi connectivity index (χ1) is 8.25. The maximum atomic E-state index is 12.1. The molecule has 0 amide bonds. The van der Waals surface area contributed by atoms with E-state index in [1.54, 1.807) is 0 Å². The minimum Gasteiger partial charge on any atom is -0.297 e. The molecule has 2 nitrogen and oxygen atoms in total. The van der Waals surface area contributed by atoms with E-state index in [0.29, 0.717) is 18.2 Å². The third-order valence-corrected chi connectivity index (χ3v) is 4.45. The van der Waals surface area contributed by atoms with E-state index in [0.717, 1.165) is 16.6 Å². The summed E-state index contributed by atoms with van der Waals surface area (Å²) in [7, 11) is 0. The molecule has 2 aliphatic rings. The molecule has 1 saturated carbocycles. The summed E-state index contributed by atoms with van der Waals surface area (Å²) >= 11 is 3.49. The quantitative estimate of drug-likeness (QED) is 0.834. The summed E-state index contributed by atoms with van der Waals surface area (Å²) in [5, 5.41) is 0. The van der Waals surface area contributed by atoms with Crippen LogP contribution in [0.3, 0.4) is 0 Å². The molecular formula is C14H16BrNO. The van der Waals surface area contributed by atoms with Gasteiger partial charge in [-0.05, 0) is 30.5 Å². The highest BCUT2D eigenvalue weighted by Crippen LogP contribution is 2.37. The van der Waals surface area contributed by atoms with Crippen LogP contribution >= 0.6 is 15.9 Å². The summed E-state index contributed by atoms with van der Waals surface area (Å²) in [5.41, 5.74) is 1.15. The zero-order chi connectivity index (χ0) is 11.8. The van der Waals surface area contributed by atoms with Gasteiger partial charge in [-0.1, -0.05) is 34.5 Å². The van der Waals surface area contributed by atoms with Gasteiger partial charge in [0.2, 0.25) is 0 Å². The molecule has 1 heterocycles. The molecule has 2 fully saturated rings. The van der Waals surface area contributed by atoms with Crippen LogP contribution < -0.4 is 0 Å². The second kappa shape index (κ2) is 4.54. The van der Waals surface area contributed by atoms with Gasteiger partial charge >= 0.3 is 0 Å². The Morgan fingerprint density at radius 3 is 2.76 bits per heavy atom. The molecule has 90 valence electrons. The first-order valence-corrected chi connectivity index (χ1v) is 7.09. The van der Waals surface area contributed by atoms with E-state index in [1.165, 1.54) is 19.3 Å². The van der Waals surface area contributed by atoms with E-state index in [1.807, 2.05) is 12.1 Å². The molecule has 1 unspecified atom stereocenters. The van der Waals surface area contributed by atoms with Crippen molar-refractivity contribution in [1.29, 1.82) is 0 Å². The first-order valence-electron chi connectivity index (χ1n) is 6.29. The second-order valence-corrected chi connectivity index (χ2v) is 5.91. The van der Waals surface area contributed by atoms with Gasteiger partial charge in [-0.2, -0.15) is 0 Å². The highest BCUT2D eigenvalue weighted by molar-refractivity contribution is 9.10. The van der Waals surface area contributed by atoms with Crippen molar-refractivity contribution >= 4 is 21.7 Å². The molecule has 0 spiro atoms. The molecule has 1 aromatic carbocycles. The Bertz CT molecular complexity index is 442. The Kier molecular flexibility index (Phi) is 3.05. The maximum Gasteiger partial charge on any atom is 0.155 e. The van der Waals surface area contributed by atoms with Crippen molar-refractivity contribution in [1.82, 2.24) is 4.90 Å². The number of carbonyl (C=O) groups is 1.